The summed E-state index contributed by atoms with van der Waals surface area (Å²) in [5.74, 6) is 1.09. The maximum Gasteiger partial charge on any atom is 0.0800 e. The predicted molar refractivity (Wildman–Crippen MR) is 73.1 cm³/mol. The normalized spacial score (nSPS) is 29.1. The highest BCUT2D eigenvalue weighted by atomic mass is 16.3. The first-order chi connectivity index (χ1) is 8.48. The second kappa shape index (κ2) is 7.07. The summed E-state index contributed by atoms with van der Waals surface area (Å²) in [5.41, 5.74) is 0.0705. The van der Waals surface area contributed by atoms with E-state index in [1.54, 1.807) is 0 Å². The van der Waals surface area contributed by atoms with Crippen molar-refractivity contribution in [1.29, 1.82) is 0 Å². The quantitative estimate of drug-likeness (QED) is 0.636. The van der Waals surface area contributed by atoms with E-state index in [9.17, 15) is 5.11 Å². The van der Waals surface area contributed by atoms with Gasteiger partial charge in [0, 0.05) is 0 Å². The third-order valence-corrected chi connectivity index (χ3v) is 3.88. The molecule has 0 saturated heterocycles. The smallest absolute Gasteiger partial charge is 0.0800 e. The van der Waals surface area contributed by atoms with E-state index in [1.165, 1.54) is 0 Å². The fourth-order valence-corrected chi connectivity index (χ4v) is 2.39. The second-order valence-corrected chi connectivity index (χ2v) is 5.65. The summed E-state index contributed by atoms with van der Waals surface area (Å²) < 4.78 is 0. The first-order valence-electron chi connectivity index (χ1n) is 6.80. The van der Waals surface area contributed by atoms with Crippen molar-refractivity contribution < 1.29 is 15.3 Å². The lowest BCUT2D eigenvalue weighted by Gasteiger charge is -2.30. The third kappa shape index (κ3) is 4.92. The summed E-state index contributed by atoms with van der Waals surface area (Å²) in [7, 11) is 0. The second-order valence-electron chi connectivity index (χ2n) is 5.65. The fraction of sp³-hybridized carbons (Fsp3) is 0.733. The van der Waals surface area contributed by atoms with Crippen LogP contribution in [0.25, 0.3) is 0 Å². The highest BCUT2D eigenvalue weighted by Crippen LogP contribution is 2.31. The topological polar surface area (TPSA) is 60.7 Å². The zero-order chi connectivity index (χ0) is 13.6. The molecule has 3 atom stereocenters. The third-order valence-electron chi connectivity index (χ3n) is 3.88. The van der Waals surface area contributed by atoms with Gasteiger partial charge in [-0.2, -0.15) is 0 Å². The zero-order valence-electron chi connectivity index (χ0n) is 11.5. The van der Waals surface area contributed by atoms with Gasteiger partial charge in [0.25, 0.3) is 0 Å². The Morgan fingerprint density at radius 3 is 2.61 bits per heavy atom. The van der Waals surface area contributed by atoms with Gasteiger partial charge in [-0.05, 0) is 50.0 Å². The summed E-state index contributed by atoms with van der Waals surface area (Å²) in [6.07, 6.45) is 9.77. The molecule has 0 bridgehead atoms. The van der Waals surface area contributed by atoms with Gasteiger partial charge in [0.15, 0.2) is 0 Å². The van der Waals surface area contributed by atoms with Crippen molar-refractivity contribution >= 4 is 0 Å². The van der Waals surface area contributed by atoms with E-state index in [1.807, 2.05) is 19.1 Å². The molecule has 0 aromatic carbocycles. The monoisotopic (exact) mass is 254 g/mol. The number of hydrogen-bond acceptors (Lipinski definition) is 3. The lowest BCUT2D eigenvalue weighted by atomic mass is 9.79. The molecule has 0 amide bonds. The van der Waals surface area contributed by atoms with E-state index in [0.29, 0.717) is 17.4 Å². The Morgan fingerprint density at radius 2 is 2.11 bits per heavy atom. The van der Waals surface area contributed by atoms with Crippen molar-refractivity contribution in [2.75, 3.05) is 13.2 Å². The van der Waals surface area contributed by atoms with Crippen LogP contribution < -0.4 is 0 Å². The Kier molecular flexibility index (Phi) is 6.06. The Morgan fingerprint density at radius 1 is 1.44 bits per heavy atom. The molecule has 3 nitrogen and oxygen atoms in total. The molecular formula is C15H26O3. The molecule has 0 fully saturated rings. The molecule has 1 aliphatic carbocycles. The SMILES string of the molecule is CC(CCC=C(CO)CO)C1C=CC(C)(O)CC1. The van der Waals surface area contributed by atoms with Crippen LogP contribution in [0.3, 0.4) is 0 Å². The van der Waals surface area contributed by atoms with Crippen molar-refractivity contribution in [1.82, 2.24) is 0 Å². The standard InChI is InChI=1S/C15H26O3/c1-12(4-3-5-13(10-16)11-17)14-6-8-15(2,18)9-7-14/h5-6,8,12,14,16-18H,3-4,7,9-11H2,1-2H3. The van der Waals surface area contributed by atoms with Gasteiger partial charge in [-0.25, -0.2) is 0 Å². The van der Waals surface area contributed by atoms with Crippen molar-refractivity contribution in [2.45, 2.75) is 45.1 Å². The summed E-state index contributed by atoms with van der Waals surface area (Å²) in [4.78, 5) is 0. The summed E-state index contributed by atoms with van der Waals surface area (Å²) in [6, 6.07) is 0. The van der Waals surface area contributed by atoms with Gasteiger partial charge in [0.2, 0.25) is 0 Å². The van der Waals surface area contributed by atoms with Crippen molar-refractivity contribution in [3.8, 4) is 0 Å². The molecule has 0 radical (unpaired) electrons. The number of allylic oxidation sites excluding steroid dienone is 2. The van der Waals surface area contributed by atoms with Crippen molar-refractivity contribution in [3.05, 3.63) is 23.8 Å². The predicted octanol–water partition coefficient (Wildman–Crippen LogP) is 2.03. The number of hydrogen-bond donors (Lipinski definition) is 3. The van der Waals surface area contributed by atoms with Gasteiger partial charge in [0.1, 0.15) is 0 Å². The van der Waals surface area contributed by atoms with Crippen LogP contribution in [0.15, 0.2) is 23.8 Å². The Balaban J connectivity index is 2.38. The molecular weight excluding hydrogens is 228 g/mol. The average Bonchev–Trinajstić information content (AvgIpc) is 2.34. The maximum absolute atomic E-state index is 9.83. The van der Waals surface area contributed by atoms with E-state index in [-0.39, 0.29) is 13.2 Å². The molecule has 0 saturated carbocycles. The molecule has 1 rings (SSSR count). The summed E-state index contributed by atoms with van der Waals surface area (Å²) in [5, 5.41) is 27.7. The Hall–Kier alpha value is -0.640. The summed E-state index contributed by atoms with van der Waals surface area (Å²) >= 11 is 0. The molecule has 3 heteroatoms. The van der Waals surface area contributed by atoms with Crippen molar-refractivity contribution in [3.63, 3.8) is 0 Å². The highest BCUT2D eigenvalue weighted by Gasteiger charge is 2.25. The van der Waals surface area contributed by atoms with E-state index in [2.05, 4.69) is 13.0 Å². The van der Waals surface area contributed by atoms with Gasteiger partial charge in [-0.3, -0.25) is 0 Å². The first kappa shape index (κ1) is 15.4. The molecule has 3 N–H and O–H groups in total. The maximum atomic E-state index is 9.83. The highest BCUT2D eigenvalue weighted by molar-refractivity contribution is 5.07. The van der Waals surface area contributed by atoms with Gasteiger partial charge in [-0.1, -0.05) is 25.2 Å². The molecule has 18 heavy (non-hydrogen) atoms. The van der Waals surface area contributed by atoms with Crippen LogP contribution in [0, 0.1) is 11.8 Å². The van der Waals surface area contributed by atoms with Crippen LogP contribution in [0.2, 0.25) is 0 Å². The lowest BCUT2D eigenvalue weighted by molar-refractivity contribution is 0.0833. The number of aliphatic hydroxyl groups excluding tert-OH is 2. The average molecular weight is 254 g/mol. The van der Waals surface area contributed by atoms with Crippen LogP contribution in [0.1, 0.15) is 39.5 Å². The van der Waals surface area contributed by atoms with Crippen LogP contribution in [0.4, 0.5) is 0 Å². The molecule has 3 unspecified atom stereocenters. The van der Waals surface area contributed by atoms with E-state index >= 15 is 0 Å². The van der Waals surface area contributed by atoms with E-state index < -0.39 is 5.60 Å². The molecule has 0 aliphatic heterocycles. The first-order valence-corrected chi connectivity index (χ1v) is 6.80. The molecule has 104 valence electrons. The minimum absolute atomic E-state index is 0.0585. The van der Waals surface area contributed by atoms with Gasteiger partial charge in [-0.15, -0.1) is 0 Å². The van der Waals surface area contributed by atoms with E-state index in [4.69, 9.17) is 10.2 Å². The fourth-order valence-electron chi connectivity index (χ4n) is 2.39. The van der Waals surface area contributed by atoms with Gasteiger partial charge >= 0.3 is 0 Å². The summed E-state index contributed by atoms with van der Waals surface area (Å²) in [6.45, 7) is 3.95. The molecule has 0 heterocycles. The van der Waals surface area contributed by atoms with Crippen molar-refractivity contribution in [2.24, 2.45) is 11.8 Å². The van der Waals surface area contributed by atoms with Gasteiger partial charge in [0.05, 0.1) is 18.8 Å². The molecule has 1 aliphatic rings. The minimum Gasteiger partial charge on any atom is -0.392 e. The Labute approximate surface area is 110 Å². The van der Waals surface area contributed by atoms with Crippen LogP contribution in [-0.2, 0) is 0 Å². The van der Waals surface area contributed by atoms with Crippen LogP contribution >= 0.6 is 0 Å². The molecule has 0 spiro atoms. The number of rotatable bonds is 6. The van der Waals surface area contributed by atoms with E-state index in [0.717, 1.165) is 25.7 Å². The molecule has 0 aromatic rings. The Bertz CT molecular complexity index is 299. The zero-order valence-corrected chi connectivity index (χ0v) is 11.5. The largest absolute Gasteiger partial charge is 0.392 e. The van der Waals surface area contributed by atoms with Gasteiger partial charge < -0.3 is 15.3 Å². The lowest BCUT2D eigenvalue weighted by Crippen LogP contribution is -2.27. The molecule has 0 aromatic heterocycles. The van der Waals surface area contributed by atoms with Crippen LogP contribution in [0.5, 0.6) is 0 Å². The minimum atomic E-state index is -0.628. The van der Waals surface area contributed by atoms with Crippen LogP contribution in [-0.4, -0.2) is 34.1 Å². The number of aliphatic hydroxyl groups is 3.